The van der Waals surface area contributed by atoms with E-state index in [-0.39, 0.29) is 5.82 Å². The van der Waals surface area contributed by atoms with Crippen molar-refractivity contribution < 1.29 is 8.81 Å². The Morgan fingerprint density at radius 2 is 1.90 bits per heavy atom. The summed E-state index contributed by atoms with van der Waals surface area (Å²) < 4.78 is 18.7. The van der Waals surface area contributed by atoms with Gasteiger partial charge in [0, 0.05) is 24.1 Å². The highest BCUT2D eigenvalue weighted by atomic mass is 19.1. The summed E-state index contributed by atoms with van der Waals surface area (Å²) in [5.41, 5.74) is 2.52. The van der Waals surface area contributed by atoms with Crippen molar-refractivity contribution in [1.82, 2.24) is 5.32 Å². The lowest BCUT2D eigenvalue weighted by Crippen LogP contribution is -2.30. The first-order valence-corrected chi connectivity index (χ1v) is 7.89. The van der Waals surface area contributed by atoms with Gasteiger partial charge < -0.3 is 9.73 Å². The monoisotopic (exact) mass is 285 g/mol. The van der Waals surface area contributed by atoms with E-state index in [4.69, 9.17) is 4.42 Å². The summed E-state index contributed by atoms with van der Waals surface area (Å²) in [6.45, 7) is 0. The molecule has 2 aliphatic carbocycles. The SMILES string of the molecule is Fc1ccc(C(NC2CCCc3occc32)C2CC2)cc1. The van der Waals surface area contributed by atoms with Crippen LogP contribution in [0.2, 0.25) is 0 Å². The molecule has 1 fully saturated rings. The molecule has 0 saturated heterocycles. The third kappa shape index (κ3) is 2.62. The molecule has 0 aliphatic heterocycles. The second kappa shape index (κ2) is 5.30. The standard InChI is InChI=1S/C18H20FNO/c19-14-8-6-13(7-9-14)18(12-4-5-12)20-16-2-1-3-17-15(16)10-11-21-17/h6-12,16,18,20H,1-5H2. The molecule has 0 amide bonds. The molecule has 1 saturated carbocycles. The molecule has 2 atom stereocenters. The average molecular weight is 285 g/mol. The number of hydrogen-bond acceptors (Lipinski definition) is 2. The molecule has 110 valence electrons. The number of halogens is 1. The van der Waals surface area contributed by atoms with Crippen molar-refractivity contribution in [2.75, 3.05) is 0 Å². The van der Waals surface area contributed by atoms with Crippen LogP contribution < -0.4 is 5.32 Å². The lowest BCUT2D eigenvalue weighted by atomic mass is 9.91. The fourth-order valence-electron chi connectivity index (χ4n) is 3.48. The van der Waals surface area contributed by atoms with E-state index in [9.17, 15) is 4.39 Å². The van der Waals surface area contributed by atoms with Crippen LogP contribution in [0.3, 0.4) is 0 Å². The largest absolute Gasteiger partial charge is 0.469 e. The fourth-order valence-corrected chi connectivity index (χ4v) is 3.48. The Labute approximate surface area is 124 Å². The van der Waals surface area contributed by atoms with Gasteiger partial charge in [0.1, 0.15) is 11.6 Å². The number of hydrogen-bond donors (Lipinski definition) is 1. The van der Waals surface area contributed by atoms with Crippen LogP contribution >= 0.6 is 0 Å². The van der Waals surface area contributed by atoms with Gasteiger partial charge in [-0.1, -0.05) is 12.1 Å². The maximum absolute atomic E-state index is 13.1. The molecule has 1 aromatic heterocycles. The minimum atomic E-state index is -0.164. The number of benzene rings is 1. The summed E-state index contributed by atoms with van der Waals surface area (Å²) in [6, 6.07) is 9.77. The van der Waals surface area contributed by atoms with Gasteiger partial charge in [-0.15, -0.1) is 0 Å². The number of aryl methyl sites for hydroxylation is 1. The molecule has 0 spiro atoms. The molecule has 0 radical (unpaired) electrons. The van der Waals surface area contributed by atoms with Gasteiger partial charge in [0.05, 0.1) is 6.26 Å². The van der Waals surface area contributed by atoms with Gasteiger partial charge in [0.2, 0.25) is 0 Å². The number of furan rings is 1. The number of fused-ring (bicyclic) bond motifs is 1. The normalized spacial score (nSPS) is 22.8. The second-order valence-corrected chi connectivity index (χ2v) is 6.28. The predicted molar refractivity (Wildman–Crippen MR) is 79.4 cm³/mol. The molecule has 0 bridgehead atoms. The maximum atomic E-state index is 13.1. The Hall–Kier alpha value is -1.61. The van der Waals surface area contributed by atoms with Crippen LogP contribution in [-0.4, -0.2) is 0 Å². The molecule has 1 N–H and O–H groups in total. The van der Waals surface area contributed by atoms with Crippen molar-refractivity contribution >= 4 is 0 Å². The van der Waals surface area contributed by atoms with E-state index in [0.717, 1.165) is 18.6 Å². The smallest absolute Gasteiger partial charge is 0.123 e. The van der Waals surface area contributed by atoms with Gasteiger partial charge in [-0.25, -0.2) is 4.39 Å². The lowest BCUT2D eigenvalue weighted by molar-refractivity contribution is 0.357. The quantitative estimate of drug-likeness (QED) is 0.892. The summed E-state index contributed by atoms with van der Waals surface area (Å²) in [4.78, 5) is 0. The van der Waals surface area contributed by atoms with Crippen LogP contribution in [0, 0.1) is 11.7 Å². The molecule has 1 heterocycles. The van der Waals surface area contributed by atoms with Crippen LogP contribution in [0.5, 0.6) is 0 Å². The van der Waals surface area contributed by atoms with Gasteiger partial charge in [-0.3, -0.25) is 0 Å². The second-order valence-electron chi connectivity index (χ2n) is 6.28. The van der Waals surface area contributed by atoms with E-state index in [1.165, 1.54) is 30.4 Å². The van der Waals surface area contributed by atoms with Crippen molar-refractivity contribution in [3.05, 3.63) is 59.3 Å². The molecule has 2 aliphatic rings. The molecule has 4 rings (SSSR count). The van der Waals surface area contributed by atoms with Crippen molar-refractivity contribution in [2.45, 2.75) is 44.2 Å². The minimum absolute atomic E-state index is 0.164. The Morgan fingerprint density at radius 1 is 1.10 bits per heavy atom. The van der Waals surface area contributed by atoms with Crippen LogP contribution in [0.15, 0.2) is 41.0 Å². The van der Waals surface area contributed by atoms with E-state index in [1.54, 1.807) is 18.4 Å². The zero-order chi connectivity index (χ0) is 14.2. The van der Waals surface area contributed by atoms with E-state index in [2.05, 4.69) is 11.4 Å². The molecule has 2 nitrogen and oxygen atoms in total. The van der Waals surface area contributed by atoms with Crippen molar-refractivity contribution in [2.24, 2.45) is 5.92 Å². The third-order valence-corrected chi connectivity index (χ3v) is 4.76. The summed E-state index contributed by atoms with van der Waals surface area (Å²) >= 11 is 0. The first kappa shape index (κ1) is 13.1. The highest BCUT2D eigenvalue weighted by Crippen LogP contribution is 2.43. The van der Waals surface area contributed by atoms with E-state index >= 15 is 0 Å². The summed E-state index contributed by atoms with van der Waals surface area (Å²) in [7, 11) is 0. The highest BCUT2D eigenvalue weighted by Gasteiger charge is 2.35. The Balaban J connectivity index is 1.58. The summed E-state index contributed by atoms with van der Waals surface area (Å²) in [5.74, 6) is 1.66. The van der Waals surface area contributed by atoms with Crippen molar-refractivity contribution in [3.8, 4) is 0 Å². The van der Waals surface area contributed by atoms with Crippen molar-refractivity contribution in [3.63, 3.8) is 0 Å². The zero-order valence-corrected chi connectivity index (χ0v) is 12.0. The average Bonchev–Trinajstić information content (AvgIpc) is 3.22. The van der Waals surface area contributed by atoms with Gasteiger partial charge in [-0.05, 0) is 55.4 Å². The Bertz CT molecular complexity index is 614. The van der Waals surface area contributed by atoms with Crippen LogP contribution in [-0.2, 0) is 6.42 Å². The van der Waals surface area contributed by atoms with Crippen LogP contribution in [0.1, 0.15) is 54.7 Å². The van der Waals surface area contributed by atoms with Gasteiger partial charge in [0.15, 0.2) is 0 Å². The maximum Gasteiger partial charge on any atom is 0.123 e. The summed E-state index contributed by atoms with van der Waals surface area (Å²) in [6.07, 6.45) is 7.69. The summed E-state index contributed by atoms with van der Waals surface area (Å²) in [5, 5.41) is 3.81. The Morgan fingerprint density at radius 3 is 2.67 bits per heavy atom. The van der Waals surface area contributed by atoms with Gasteiger partial charge >= 0.3 is 0 Å². The first-order valence-electron chi connectivity index (χ1n) is 7.89. The zero-order valence-electron chi connectivity index (χ0n) is 12.0. The lowest BCUT2D eigenvalue weighted by Gasteiger charge is -2.29. The third-order valence-electron chi connectivity index (χ3n) is 4.76. The first-order chi connectivity index (χ1) is 10.3. The fraction of sp³-hybridized carbons (Fsp3) is 0.444. The van der Waals surface area contributed by atoms with E-state index < -0.39 is 0 Å². The molecule has 2 aromatic rings. The van der Waals surface area contributed by atoms with Gasteiger partial charge in [0.25, 0.3) is 0 Å². The van der Waals surface area contributed by atoms with E-state index in [0.29, 0.717) is 18.0 Å². The minimum Gasteiger partial charge on any atom is -0.469 e. The molecule has 21 heavy (non-hydrogen) atoms. The molecule has 1 aromatic carbocycles. The topological polar surface area (TPSA) is 25.2 Å². The van der Waals surface area contributed by atoms with E-state index in [1.807, 2.05) is 12.1 Å². The van der Waals surface area contributed by atoms with Crippen LogP contribution in [0.25, 0.3) is 0 Å². The number of nitrogens with one attached hydrogen (secondary N) is 1. The van der Waals surface area contributed by atoms with Gasteiger partial charge in [-0.2, -0.15) is 0 Å². The highest BCUT2D eigenvalue weighted by molar-refractivity contribution is 5.27. The predicted octanol–water partition coefficient (Wildman–Crippen LogP) is 4.54. The molecular formula is C18H20FNO. The molecular weight excluding hydrogens is 265 g/mol. The number of rotatable bonds is 4. The Kier molecular flexibility index (Phi) is 3.30. The van der Waals surface area contributed by atoms with Crippen molar-refractivity contribution in [1.29, 1.82) is 0 Å². The molecule has 3 heteroatoms. The van der Waals surface area contributed by atoms with Crippen LogP contribution in [0.4, 0.5) is 4.39 Å². The molecule has 2 unspecified atom stereocenters.